The monoisotopic (exact) mass is 379 g/mol. The number of aryl methyl sites for hydroxylation is 1. The molecule has 0 unspecified atom stereocenters. The standard InChI is InChI=1S/C16H17N3O4S2/c1-10-8-11-13(12(9-10)19(20)21)25-15(17-14(11)24)18-4-2-16(3-5-18)22-6-7-23-16/h8-9H,2-7H2,1H3. The molecule has 7 nitrogen and oxygen atoms in total. The Morgan fingerprint density at radius 1 is 1.32 bits per heavy atom. The third kappa shape index (κ3) is 3.01. The second kappa shape index (κ2) is 6.24. The van der Waals surface area contributed by atoms with Gasteiger partial charge in [-0.1, -0.05) is 23.6 Å². The summed E-state index contributed by atoms with van der Waals surface area (Å²) in [6, 6.07) is 3.45. The summed E-state index contributed by atoms with van der Waals surface area (Å²) in [6.07, 6.45) is 1.50. The average Bonchev–Trinajstić information content (AvgIpc) is 3.03. The lowest BCUT2D eigenvalue weighted by molar-refractivity contribution is -0.382. The van der Waals surface area contributed by atoms with Gasteiger partial charge in [-0.15, -0.1) is 0 Å². The average molecular weight is 379 g/mol. The number of benzene rings is 1. The number of anilines is 1. The van der Waals surface area contributed by atoms with Crippen molar-refractivity contribution in [2.75, 3.05) is 31.2 Å². The van der Waals surface area contributed by atoms with E-state index in [1.807, 2.05) is 13.0 Å². The van der Waals surface area contributed by atoms with Gasteiger partial charge in [-0.05, 0) is 18.6 Å². The molecule has 0 bridgehead atoms. The molecule has 0 N–H and O–H groups in total. The molecule has 0 amide bonds. The Bertz CT molecular complexity index is 898. The molecule has 1 aromatic heterocycles. The van der Waals surface area contributed by atoms with Crippen molar-refractivity contribution < 1.29 is 14.4 Å². The largest absolute Gasteiger partial charge is 0.348 e. The molecule has 2 aromatic rings. The normalized spacial score (nSPS) is 19.6. The fraction of sp³-hybridized carbons (Fsp3) is 0.500. The van der Waals surface area contributed by atoms with Gasteiger partial charge < -0.3 is 14.4 Å². The van der Waals surface area contributed by atoms with Crippen LogP contribution in [0.4, 0.5) is 10.8 Å². The fourth-order valence-corrected chi connectivity index (χ4v) is 4.88. The van der Waals surface area contributed by atoms with Crippen molar-refractivity contribution in [1.29, 1.82) is 0 Å². The van der Waals surface area contributed by atoms with Crippen molar-refractivity contribution in [1.82, 2.24) is 4.98 Å². The molecule has 2 aliphatic rings. The van der Waals surface area contributed by atoms with E-state index in [0.29, 0.717) is 27.9 Å². The summed E-state index contributed by atoms with van der Waals surface area (Å²) < 4.78 is 12.5. The molecule has 0 saturated carbocycles. The molecule has 1 aromatic carbocycles. The predicted octanol–water partition coefficient (Wildman–Crippen LogP) is 3.59. The topological polar surface area (TPSA) is 77.7 Å². The molecule has 1 spiro atoms. The van der Waals surface area contributed by atoms with Gasteiger partial charge in [0.25, 0.3) is 5.69 Å². The zero-order valence-corrected chi connectivity index (χ0v) is 15.3. The van der Waals surface area contributed by atoms with Crippen LogP contribution in [0, 0.1) is 21.7 Å². The van der Waals surface area contributed by atoms with Gasteiger partial charge in [-0.3, -0.25) is 10.1 Å². The highest BCUT2D eigenvalue weighted by Gasteiger charge is 2.40. The van der Waals surface area contributed by atoms with Crippen molar-refractivity contribution in [2.45, 2.75) is 25.6 Å². The van der Waals surface area contributed by atoms with Crippen LogP contribution >= 0.6 is 23.6 Å². The minimum Gasteiger partial charge on any atom is -0.348 e. The molecule has 2 fully saturated rings. The van der Waals surface area contributed by atoms with Gasteiger partial charge in [0.15, 0.2) is 10.9 Å². The van der Waals surface area contributed by atoms with Crippen molar-refractivity contribution >= 4 is 44.5 Å². The van der Waals surface area contributed by atoms with E-state index in [-0.39, 0.29) is 10.6 Å². The lowest BCUT2D eigenvalue weighted by atomic mass is 10.0. The number of nitrogens with zero attached hydrogens (tertiary/aromatic N) is 3. The second-order valence-electron chi connectivity index (χ2n) is 6.31. The minimum atomic E-state index is -0.460. The minimum absolute atomic E-state index is 0.0886. The summed E-state index contributed by atoms with van der Waals surface area (Å²) in [5, 5.41) is 12.8. The highest BCUT2D eigenvalue weighted by atomic mass is 32.1. The number of hydrogen-bond acceptors (Lipinski definition) is 8. The van der Waals surface area contributed by atoms with Gasteiger partial charge in [0.05, 0.1) is 18.1 Å². The summed E-state index contributed by atoms with van der Waals surface area (Å²) in [4.78, 5) is 17.7. The van der Waals surface area contributed by atoms with Gasteiger partial charge in [0, 0.05) is 37.4 Å². The van der Waals surface area contributed by atoms with Crippen molar-refractivity contribution in [3.05, 3.63) is 32.5 Å². The smallest absolute Gasteiger partial charge is 0.287 e. The third-order valence-corrected chi connectivity index (χ3v) is 6.12. The van der Waals surface area contributed by atoms with Crippen LogP contribution in [-0.4, -0.2) is 42.0 Å². The number of nitro benzene ring substituents is 1. The molecule has 0 atom stereocenters. The van der Waals surface area contributed by atoms with Crippen molar-refractivity contribution in [3.8, 4) is 0 Å². The molecule has 0 radical (unpaired) electrons. The van der Waals surface area contributed by atoms with E-state index in [1.165, 1.54) is 11.3 Å². The second-order valence-corrected chi connectivity index (χ2v) is 7.68. The Hall–Kier alpha value is -1.68. The molecule has 3 heterocycles. The predicted molar refractivity (Wildman–Crippen MR) is 97.9 cm³/mol. The zero-order valence-electron chi connectivity index (χ0n) is 13.7. The van der Waals surface area contributed by atoms with Crippen LogP contribution in [0.3, 0.4) is 0 Å². The van der Waals surface area contributed by atoms with Gasteiger partial charge in [0.2, 0.25) is 0 Å². The lowest BCUT2D eigenvalue weighted by Crippen LogP contribution is -2.45. The highest BCUT2D eigenvalue weighted by Crippen LogP contribution is 2.38. The van der Waals surface area contributed by atoms with Gasteiger partial charge >= 0.3 is 0 Å². The SMILES string of the molecule is Cc1cc([N+](=O)[O-])c2sc(N3CCC4(CC3)OCCO4)nc(=S)c2c1. The van der Waals surface area contributed by atoms with Crippen LogP contribution in [0.25, 0.3) is 10.1 Å². The fourth-order valence-electron chi connectivity index (χ4n) is 3.38. The van der Waals surface area contributed by atoms with Crippen LogP contribution in [0.2, 0.25) is 0 Å². The summed E-state index contributed by atoms with van der Waals surface area (Å²) >= 11 is 6.74. The van der Waals surface area contributed by atoms with Crippen LogP contribution < -0.4 is 4.90 Å². The first-order valence-corrected chi connectivity index (χ1v) is 9.33. The van der Waals surface area contributed by atoms with Crippen LogP contribution in [0.1, 0.15) is 18.4 Å². The van der Waals surface area contributed by atoms with E-state index in [2.05, 4.69) is 9.88 Å². The third-order valence-electron chi connectivity index (χ3n) is 4.64. The number of hydrogen-bond donors (Lipinski definition) is 0. The van der Waals surface area contributed by atoms with Crippen LogP contribution in [0.5, 0.6) is 0 Å². The summed E-state index contributed by atoms with van der Waals surface area (Å²) in [6.45, 7) is 4.55. The Labute approximate surface area is 153 Å². The number of rotatable bonds is 2. The molecule has 4 rings (SSSR count). The first kappa shape index (κ1) is 16.8. The molecule has 132 valence electrons. The first-order chi connectivity index (χ1) is 12.0. The Morgan fingerprint density at radius 2 is 2.00 bits per heavy atom. The molecular weight excluding hydrogens is 362 g/mol. The molecule has 0 aliphatic carbocycles. The maximum Gasteiger partial charge on any atom is 0.287 e. The lowest BCUT2D eigenvalue weighted by Gasteiger charge is -2.37. The van der Waals surface area contributed by atoms with Crippen LogP contribution in [-0.2, 0) is 9.47 Å². The number of fused-ring (bicyclic) bond motifs is 1. The molecule has 2 saturated heterocycles. The van der Waals surface area contributed by atoms with Gasteiger partial charge in [-0.2, -0.15) is 0 Å². The Balaban J connectivity index is 1.71. The number of ether oxygens (including phenoxy) is 2. The van der Waals surface area contributed by atoms with E-state index in [4.69, 9.17) is 21.7 Å². The highest BCUT2D eigenvalue weighted by molar-refractivity contribution is 7.71. The molecule has 2 aliphatic heterocycles. The maximum absolute atomic E-state index is 11.4. The van der Waals surface area contributed by atoms with E-state index in [9.17, 15) is 10.1 Å². The summed E-state index contributed by atoms with van der Waals surface area (Å²) in [5.74, 6) is -0.460. The number of non-ortho nitro benzene ring substituents is 1. The van der Waals surface area contributed by atoms with Gasteiger partial charge in [-0.25, -0.2) is 4.98 Å². The van der Waals surface area contributed by atoms with Gasteiger partial charge in [0.1, 0.15) is 9.34 Å². The molecule has 25 heavy (non-hydrogen) atoms. The Kier molecular flexibility index (Phi) is 4.19. The maximum atomic E-state index is 11.4. The van der Waals surface area contributed by atoms with Crippen molar-refractivity contribution in [2.24, 2.45) is 0 Å². The number of nitro groups is 1. The van der Waals surface area contributed by atoms with E-state index < -0.39 is 5.79 Å². The Morgan fingerprint density at radius 3 is 2.64 bits per heavy atom. The van der Waals surface area contributed by atoms with Crippen molar-refractivity contribution in [3.63, 3.8) is 0 Å². The van der Waals surface area contributed by atoms with E-state index >= 15 is 0 Å². The molecular formula is C16H17N3O4S2. The summed E-state index contributed by atoms with van der Waals surface area (Å²) in [7, 11) is 0. The quantitative estimate of drug-likeness (QED) is 0.448. The first-order valence-electron chi connectivity index (χ1n) is 8.10. The summed E-state index contributed by atoms with van der Waals surface area (Å²) in [5.41, 5.74) is 0.896. The van der Waals surface area contributed by atoms with E-state index in [1.54, 1.807) is 6.07 Å². The van der Waals surface area contributed by atoms with Crippen LogP contribution in [0.15, 0.2) is 12.1 Å². The van der Waals surface area contributed by atoms with E-state index in [0.717, 1.165) is 36.6 Å². The number of aromatic nitrogens is 1. The molecule has 9 heteroatoms. The number of piperidine rings is 1. The zero-order chi connectivity index (χ0) is 17.6.